The Hall–Kier alpha value is -2.87. The monoisotopic (exact) mass is 459 g/mol. The number of nitrogens with one attached hydrogen (secondary N) is 1. The zero-order valence-electron chi connectivity index (χ0n) is 16.7. The number of morpholine rings is 1. The number of anilines is 2. The molecule has 2 aromatic carbocycles. The van der Waals surface area contributed by atoms with Crippen LogP contribution in [-0.2, 0) is 14.3 Å². The lowest BCUT2D eigenvalue weighted by Gasteiger charge is -2.30. The fourth-order valence-electron chi connectivity index (χ4n) is 3.64. The molecule has 0 aromatic heterocycles. The number of urea groups is 1. The van der Waals surface area contributed by atoms with Gasteiger partial charge in [-0.05, 0) is 48.4 Å². The van der Waals surface area contributed by atoms with E-state index >= 15 is 0 Å². The minimum Gasteiger partial charge on any atom is -0.378 e. The van der Waals surface area contributed by atoms with Crippen LogP contribution in [0.15, 0.2) is 42.0 Å². The summed E-state index contributed by atoms with van der Waals surface area (Å²) in [5.74, 6) is -1.54. The number of benzene rings is 2. The van der Waals surface area contributed by atoms with Crippen molar-refractivity contribution in [2.45, 2.75) is 6.92 Å². The number of nitrogens with zero attached hydrogens (tertiary/aromatic N) is 2. The molecule has 0 saturated carbocycles. The van der Waals surface area contributed by atoms with E-state index in [-0.39, 0.29) is 21.3 Å². The van der Waals surface area contributed by atoms with Crippen LogP contribution in [-0.4, -0.2) is 44.1 Å². The number of rotatable bonds is 3. The van der Waals surface area contributed by atoms with E-state index in [0.29, 0.717) is 18.8 Å². The van der Waals surface area contributed by atoms with E-state index in [9.17, 15) is 14.4 Å². The third-order valence-corrected chi connectivity index (χ3v) is 5.97. The molecule has 0 aliphatic carbocycles. The Morgan fingerprint density at radius 2 is 1.77 bits per heavy atom. The molecule has 2 aliphatic heterocycles. The SMILES string of the molecule is Cc1cc(/C=C2\C(=O)NC(=O)N(c3cccc(Cl)c3Cl)C2=O)ccc1N1CCOCC1. The largest absolute Gasteiger partial charge is 0.378 e. The van der Waals surface area contributed by atoms with Crippen LogP contribution in [0.25, 0.3) is 6.08 Å². The summed E-state index contributed by atoms with van der Waals surface area (Å²) in [6.45, 7) is 4.93. The van der Waals surface area contributed by atoms with Crippen LogP contribution in [0.4, 0.5) is 16.2 Å². The van der Waals surface area contributed by atoms with Gasteiger partial charge in [0.1, 0.15) is 5.57 Å². The molecule has 0 atom stereocenters. The molecule has 9 heteroatoms. The first kappa shape index (κ1) is 21.4. The van der Waals surface area contributed by atoms with Gasteiger partial charge in [-0.15, -0.1) is 0 Å². The van der Waals surface area contributed by atoms with Gasteiger partial charge < -0.3 is 9.64 Å². The summed E-state index contributed by atoms with van der Waals surface area (Å²) in [5.41, 5.74) is 2.68. The molecule has 4 amide bonds. The second-order valence-electron chi connectivity index (χ2n) is 7.18. The van der Waals surface area contributed by atoms with Crippen molar-refractivity contribution >= 4 is 58.5 Å². The first-order chi connectivity index (χ1) is 14.9. The van der Waals surface area contributed by atoms with E-state index in [4.69, 9.17) is 27.9 Å². The average Bonchev–Trinajstić information content (AvgIpc) is 2.75. The number of amides is 4. The van der Waals surface area contributed by atoms with Crippen molar-refractivity contribution in [3.05, 3.63) is 63.1 Å². The first-order valence-electron chi connectivity index (χ1n) is 9.65. The Labute approximate surface area is 189 Å². The predicted molar refractivity (Wildman–Crippen MR) is 120 cm³/mol. The fourth-order valence-corrected chi connectivity index (χ4v) is 4.02. The minimum atomic E-state index is -0.879. The minimum absolute atomic E-state index is 0.0482. The van der Waals surface area contributed by atoms with E-state index in [1.165, 1.54) is 12.1 Å². The molecule has 0 unspecified atom stereocenters. The van der Waals surface area contributed by atoms with Gasteiger partial charge in [-0.25, -0.2) is 9.69 Å². The van der Waals surface area contributed by atoms with E-state index in [1.807, 2.05) is 25.1 Å². The molecule has 2 fully saturated rings. The second kappa shape index (κ2) is 8.70. The van der Waals surface area contributed by atoms with Crippen molar-refractivity contribution < 1.29 is 19.1 Å². The highest BCUT2D eigenvalue weighted by atomic mass is 35.5. The third kappa shape index (κ3) is 4.17. The highest BCUT2D eigenvalue weighted by Crippen LogP contribution is 2.34. The number of hydrogen-bond acceptors (Lipinski definition) is 5. The van der Waals surface area contributed by atoms with Crippen molar-refractivity contribution in [3.63, 3.8) is 0 Å². The molecule has 2 saturated heterocycles. The zero-order chi connectivity index (χ0) is 22.1. The molecule has 0 spiro atoms. The smallest absolute Gasteiger partial charge is 0.336 e. The van der Waals surface area contributed by atoms with E-state index in [1.54, 1.807) is 12.1 Å². The van der Waals surface area contributed by atoms with Gasteiger partial charge in [-0.3, -0.25) is 14.9 Å². The van der Waals surface area contributed by atoms with Gasteiger partial charge in [0.25, 0.3) is 11.8 Å². The highest BCUT2D eigenvalue weighted by molar-refractivity contribution is 6.46. The summed E-state index contributed by atoms with van der Waals surface area (Å²) in [7, 11) is 0. The van der Waals surface area contributed by atoms with Crippen molar-refractivity contribution in [1.29, 1.82) is 0 Å². The topological polar surface area (TPSA) is 79.0 Å². The number of carbonyl (C=O) groups is 3. The molecule has 4 rings (SSSR count). The molecular weight excluding hydrogens is 441 g/mol. The van der Waals surface area contributed by atoms with Gasteiger partial charge in [0, 0.05) is 18.8 Å². The van der Waals surface area contributed by atoms with Crippen LogP contribution < -0.4 is 15.1 Å². The summed E-state index contributed by atoms with van der Waals surface area (Å²) in [6, 6.07) is 9.40. The lowest BCUT2D eigenvalue weighted by atomic mass is 10.0. The fraction of sp³-hybridized carbons (Fsp3) is 0.227. The van der Waals surface area contributed by atoms with Crippen LogP contribution in [0.2, 0.25) is 10.0 Å². The molecule has 160 valence electrons. The van der Waals surface area contributed by atoms with Crippen molar-refractivity contribution in [2.24, 2.45) is 0 Å². The summed E-state index contributed by atoms with van der Waals surface area (Å²) in [4.78, 5) is 40.9. The number of aryl methyl sites for hydroxylation is 1. The van der Waals surface area contributed by atoms with Gasteiger partial charge >= 0.3 is 6.03 Å². The second-order valence-corrected chi connectivity index (χ2v) is 7.96. The van der Waals surface area contributed by atoms with Gasteiger partial charge in [-0.2, -0.15) is 0 Å². The number of halogens is 2. The number of ether oxygens (including phenoxy) is 1. The normalized spacial score (nSPS) is 18.5. The third-order valence-electron chi connectivity index (χ3n) is 5.16. The molecule has 0 radical (unpaired) electrons. The quantitative estimate of drug-likeness (QED) is 0.557. The Morgan fingerprint density at radius 3 is 2.48 bits per heavy atom. The van der Waals surface area contributed by atoms with Crippen molar-refractivity contribution in [1.82, 2.24) is 5.32 Å². The lowest BCUT2D eigenvalue weighted by Crippen LogP contribution is -2.54. The van der Waals surface area contributed by atoms with E-state index in [0.717, 1.165) is 29.2 Å². The number of barbiturate groups is 1. The van der Waals surface area contributed by atoms with Gasteiger partial charge in [0.2, 0.25) is 0 Å². The van der Waals surface area contributed by atoms with Crippen LogP contribution >= 0.6 is 23.2 Å². The molecule has 0 bridgehead atoms. The maximum Gasteiger partial charge on any atom is 0.336 e. The van der Waals surface area contributed by atoms with E-state index < -0.39 is 17.8 Å². The summed E-state index contributed by atoms with van der Waals surface area (Å²) in [5, 5.41) is 2.43. The highest BCUT2D eigenvalue weighted by Gasteiger charge is 2.38. The molecule has 7 nitrogen and oxygen atoms in total. The van der Waals surface area contributed by atoms with Crippen LogP contribution in [0.1, 0.15) is 11.1 Å². The molecule has 31 heavy (non-hydrogen) atoms. The Kier molecular flexibility index (Phi) is 6.00. The number of carbonyl (C=O) groups excluding carboxylic acids is 3. The summed E-state index contributed by atoms with van der Waals surface area (Å²) < 4.78 is 5.40. The number of hydrogen-bond donors (Lipinski definition) is 1. The van der Waals surface area contributed by atoms with Crippen LogP contribution in [0, 0.1) is 6.92 Å². The molecule has 1 N–H and O–H groups in total. The first-order valence-corrected chi connectivity index (χ1v) is 10.4. The summed E-state index contributed by atoms with van der Waals surface area (Å²) >= 11 is 12.2. The van der Waals surface area contributed by atoms with Crippen LogP contribution in [0.3, 0.4) is 0 Å². The molecule has 2 aliphatic rings. The number of imide groups is 2. The lowest BCUT2D eigenvalue weighted by molar-refractivity contribution is -0.122. The molecule has 2 aromatic rings. The van der Waals surface area contributed by atoms with E-state index in [2.05, 4.69) is 10.2 Å². The van der Waals surface area contributed by atoms with Crippen molar-refractivity contribution in [2.75, 3.05) is 36.1 Å². The predicted octanol–water partition coefficient (Wildman–Crippen LogP) is 3.80. The maximum atomic E-state index is 13.1. The van der Waals surface area contributed by atoms with Gasteiger partial charge in [0.15, 0.2) is 0 Å². The Morgan fingerprint density at radius 1 is 1.03 bits per heavy atom. The van der Waals surface area contributed by atoms with Crippen molar-refractivity contribution in [3.8, 4) is 0 Å². The molecular formula is C22H19Cl2N3O4. The molecule has 2 heterocycles. The Balaban J connectivity index is 1.67. The van der Waals surface area contributed by atoms with Crippen LogP contribution in [0.5, 0.6) is 0 Å². The summed E-state index contributed by atoms with van der Waals surface area (Å²) in [6.07, 6.45) is 1.46. The van der Waals surface area contributed by atoms with Gasteiger partial charge in [-0.1, -0.05) is 35.3 Å². The maximum absolute atomic E-state index is 13.1. The Bertz CT molecular complexity index is 1110. The zero-order valence-corrected chi connectivity index (χ0v) is 18.2. The average molecular weight is 460 g/mol. The van der Waals surface area contributed by atoms with Gasteiger partial charge in [0.05, 0.1) is 28.9 Å². The standard InChI is InChI=1S/C22H19Cl2N3O4/c1-13-11-14(5-6-17(13)26-7-9-31-10-8-26)12-15-20(28)25-22(30)27(21(15)29)18-4-2-3-16(23)19(18)24/h2-6,11-12H,7-10H2,1H3,(H,25,28,30)/b15-12+.